The van der Waals surface area contributed by atoms with E-state index in [2.05, 4.69) is 0 Å². The van der Waals surface area contributed by atoms with Crippen molar-refractivity contribution < 1.29 is 14.3 Å². The Kier molecular flexibility index (Phi) is 4.90. The van der Waals surface area contributed by atoms with E-state index in [0.717, 1.165) is 12.8 Å². The van der Waals surface area contributed by atoms with Crippen molar-refractivity contribution in [3.05, 3.63) is 35.4 Å². The Bertz CT molecular complexity index is 574. The van der Waals surface area contributed by atoms with Gasteiger partial charge in [-0.3, -0.25) is 9.59 Å². The van der Waals surface area contributed by atoms with Crippen molar-refractivity contribution in [2.75, 3.05) is 20.2 Å². The second kappa shape index (κ2) is 6.67. The van der Waals surface area contributed by atoms with Crippen LogP contribution in [0, 0.1) is 5.92 Å². The molecule has 1 aliphatic rings. The maximum Gasteiger partial charge on any atom is 0.310 e. The molecular formula is C15H18N2O3S. The van der Waals surface area contributed by atoms with Gasteiger partial charge in [0.05, 0.1) is 13.0 Å². The molecule has 1 amide bonds. The summed E-state index contributed by atoms with van der Waals surface area (Å²) in [4.78, 5) is 26.1. The molecule has 0 radical (unpaired) electrons. The highest BCUT2D eigenvalue weighted by Gasteiger charge is 2.29. The van der Waals surface area contributed by atoms with E-state index in [9.17, 15) is 9.59 Å². The van der Waals surface area contributed by atoms with Crippen LogP contribution in [0.4, 0.5) is 0 Å². The van der Waals surface area contributed by atoms with E-state index in [-0.39, 0.29) is 22.8 Å². The highest BCUT2D eigenvalue weighted by atomic mass is 32.1. The number of nitrogens with zero attached hydrogens (tertiary/aromatic N) is 1. The van der Waals surface area contributed by atoms with Crippen LogP contribution < -0.4 is 5.73 Å². The molecule has 0 aromatic heterocycles. The number of thiocarbonyl (C=S) groups is 1. The topological polar surface area (TPSA) is 72.6 Å². The van der Waals surface area contributed by atoms with E-state index in [4.69, 9.17) is 22.7 Å². The van der Waals surface area contributed by atoms with Gasteiger partial charge in [0, 0.05) is 24.2 Å². The third-order valence-electron chi connectivity index (χ3n) is 3.64. The molecule has 1 aromatic carbocycles. The predicted molar refractivity (Wildman–Crippen MR) is 83.0 cm³/mol. The van der Waals surface area contributed by atoms with Crippen molar-refractivity contribution in [2.45, 2.75) is 12.8 Å². The number of rotatable bonds is 3. The van der Waals surface area contributed by atoms with Crippen LogP contribution in [0.3, 0.4) is 0 Å². The molecule has 0 saturated carbocycles. The first-order chi connectivity index (χ1) is 10.0. The van der Waals surface area contributed by atoms with Gasteiger partial charge < -0.3 is 15.4 Å². The molecule has 0 bridgehead atoms. The number of hydrogen-bond acceptors (Lipinski definition) is 4. The lowest BCUT2D eigenvalue weighted by Gasteiger charge is -2.31. The fourth-order valence-electron chi connectivity index (χ4n) is 2.51. The Balaban J connectivity index is 2.14. The Morgan fingerprint density at radius 3 is 2.76 bits per heavy atom. The number of carbonyl (C=O) groups is 2. The van der Waals surface area contributed by atoms with E-state index in [1.807, 2.05) is 0 Å². The molecule has 2 rings (SSSR count). The van der Waals surface area contributed by atoms with Crippen LogP contribution in [-0.4, -0.2) is 42.0 Å². The van der Waals surface area contributed by atoms with Crippen molar-refractivity contribution >= 4 is 29.1 Å². The molecule has 1 fully saturated rings. The second-order valence-electron chi connectivity index (χ2n) is 5.06. The molecule has 1 saturated heterocycles. The van der Waals surface area contributed by atoms with Crippen LogP contribution in [0.1, 0.15) is 28.8 Å². The zero-order valence-corrected chi connectivity index (χ0v) is 12.7. The maximum absolute atomic E-state index is 12.5. The minimum absolute atomic E-state index is 0.110. The lowest BCUT2D eigenvalue weighted by molar-refractivity contribution is -0.146. The van der Waals surface area contributed by atoms with Crippen LogP contribution in [-0.2, 0) is 9.53 Å². The van der Waals surface area contributed by atoms with Gasteiger partial charge >= 0.3 is 5.97 Å². The van der Waals surface area contributed by atoms with Crippen LogP contribution in [0.15, 0.2) is 24.3 Å². The van der Waals surface area contributed by atoms with Crippen LogP contribution >= 0.6 is 12.2 Å². The van der Waals surface area contributed by atoms with E-state index in [1.54, 1.807) is 29.2 Å². The average molecular weight is 306 g/mol. The third-order valence-corrected chi connectivity index (χ3v) is 3.87. The van der Waals surface area contributed by atoms with Gasteiger partial charge in [-0.25, -0.2) is 0 Å². The monoisotopic (exact) mass is 306 g/mol. The van der Waals surface area contributed by atoms with Gasteiger partial charge in [-0.15, -0.1) is 0 Å². The number of esters is 1. The number of carbonyl (C=O) groups excluding carboxylic acids is 2. The Morgan fingerprint density at radius 1 is 1.38 bits per heavy atom. The number of methoxy groups -OCH3 is 1. The van der Waals surface area contributed by atoms with Crippen LogP contribution in [0.25, 0.3) is 0 Å². The molecule has 1 unspecified atom stereocenters. The van der Waals surface area contributed by atoms with Crippen molar-refractivity contribution in [1.82, 2.24) is 4.90 Å². The summed E-state index contributed by atoms with van der Waals surface area (Å²) in [5, 5.41) is 0. The summed E-state index contributed by atoms with van der Waals surface area (Å²) in [6.07, 6.45) is 1.55. The van der Waals surface area contributed by atoms with Crippen molar-refractivity contribution in [1.29, 1.82) is 0 Å². The Morgan fingerprint density at radius 2 is 2.10 bits per heavy atom. The van der Waals surface area contributed by atoms with E-state index in [0.29, 0.717) is 24.2 Å². The van der Waals surface area contributed by atoms with Gasteiger partial charge in [0.15, 0.2) is 0 Å². The summed E-state index contributed by atoms with van der Waals surface area (Å²) in [5.41, 5.74) is 6.78. The van der Waals surface area contributed by atoms with Crippen molar-refractivity contribution in [3.8, 4) is 0 Å². The molecular weight excluding hydrogens is 288 g/mol. The first-order valence-corrected chi connectivity index (χ1v) is 7.20. The van der Waals surface area contributed by atoms with Gasteiger partial charge in [-0.2, -0.15) is 0 Å². The average Bonchev–Trinajstić information content (AvgIpc) is 2.53. The number of nitrogens with two attached hydrogens (primary N) is 1. The third kappa shape index (κ3) is 3.58. The number of hydrogen-bond donors (Lipinski definition) is 1. The molecule has 1 heterocycles. The highest BCUT2D eigenvalue weighted by Crippen LogP contribution is 2.20. The van der Waals surface area contributed by atoms with Gasteiger partial charge in [0.2, 0.25) is 0 Å². The summed E-state index contributed by atoms with van der Waals surface area (Å²) in [6, 6.07) is 6.94. The van der Waals surface area contributed by atoms with Crippen LogP contribution in [0.5, 0.6) is 0 Å². The molecule has 6 heteroatoms. The molecule has 2 N–H and O–H groups in total. The lowest BCUT2D eigenvalue weighted by Crippen LogP contribution is -2.42. The van der Waals surface area contributed by atoms with Gasteiger partial charge in [0.1, 0.15) is 4.99 Å². The minimum Gasteiger partial charge on any atom is -0.469 e. The highest BCUT2D eigenvalue weighted by molar-refractivity contribution is 7.80. The fourth-order valence-corrected chi connectivity index (χ4v) is 2.64. The summed E-state index contributed by atoms with van der Waals surface area (Å²) >= 11 is 4.93. The first-order valence-electron chi connectivity index (χ1n) is 6.80. The Hall–Kier alpha value is -1.95. The SMILES string of the molecule is COC(=O)C1CCCN(C(=O)c2cccc(C(N)=S)c2)C1. The van der Waals surface area contributed by atoms with Crippen LogP contribution in [0.2, 0.25) is 0 Å². The predicted octanol–water partition coefficient (Wildman–Crippen LogP) is 1.35. The second-order valence-corrected chi connectivity index (χ2v) is 5.50. The summed E-state index contributed by atoms with van der Waals surface area (Å²) < 4.78 is 4.76. The number of ether oxygens (including phenoxy) is 1. The normalized spacial score (nSPS) is 18.1. The number of amides is 1. The van der Waals surface area contributed by atoms with E-state index < -0.39 is 0 Å². The first kappa shape index (κ1) is 15.4. The summed E-state index contributed by atoms with van der Waals surface area (Å²) in [5.74, 6) is -0.613. The smallest absolute Gasteiger partial charge is 0.310 e. The van der Waals surface area contributed by atoms with Crippen molar-refractivity contribution in [3.63, 3.8) is 0 Å². The molecule has 5 nitrogen and oxygen atoms in total. The fraction of sp³-hybridized carbons (Fsp3) is 0.400. The van der Waals surface area contributed by atoms with Gasteiger partial charge in [0.25, 0.3) is 5.91 Å². The maximum atomic E-state index is 12.5. The lowest BCUT2D eigenvalue weighted by atomic mass is 9.97. The number of likely N-dealkylation sites (tertiary alicyclic amines) is 1. The zero-order valence-electron chi connectivity index (χ0n) is 11.9. The molecule has 1 atom stereocenters. The van der Waals surface area contributed by atoms with Crippen molar-refractivity contribution in [2.24, 2.45) is 11.7 Å². The van der Waals surface area contributed by atoms with E-state index >= 15 is 0 Å². The summed E-state index contributed by atoms with van der Waals surface area (Å²) in [6.45, 7) is 1.03. The number of benzene rings is 1. The molecule has 112 valence electrons. The Labute approximate surface area is 129 Å². The largest absolute Gasteiger partial charge is 0.469 e. The quantitative estimate of drug-likeness (QED) is 0.674. The molecule has 0 aliphatic carbocycles. The molecule has 0 spiro atoms. The summed E-state index contributed by atoms with van der Waals surface area (Å²) in [7, 11) is 1.37. The van der Waals surface area contributed by atoms with Gasteiger partial charge in [-0.1, -0.05) is 24.4 Å². The molecule has 1 aliphatic heterocycles. The van der Waals surface area contributed by atoms with E-state index in [1.165, 1.54) is 7.11 Å². The standard InChI is InChI=1S/C15H18N2O3S/c1-20-15(19)12-6-3-7-17(9-12)14(18)11-5-2-4-10(8-11)13(16)21/h2,4-5,8,12H,3,6-7,9H2,1H3,(H2,16,21). The zero-order chi connectivity index (χ0) is 15.4. The van der Waals surface area contributed by atoms with Gasteiger partial charge in [-0.05, 0) is 25.0 Å². The molecule has 1 aromatic rings. The number of piperidine rings is 1. The minimum atomic E-state index is -0.260. The molecule has 21 heavy (non-hydrogen) atoms.